The van der Waals surface area contributed by atoms with Gasteiger partial charge < -0.3 is 5.32 Å². The van der Waals surface area contributed by atoms with Gasteiger partial charge in [0.15, 0.2) is 0 Å². The molecule has 2 heteroatoms. The van der Waals surface area contributed by atoms with Gasteiger partial charge in [-0.3, -0.25) is 4.79 Å². The van der Waals surface area contributed by atoms with Gasteiger partial charge in [0.25, 0.3) is 0 Å². The van der Waals surface area contributed by atoms with Crippen molar-refractivity contribution in [2.75, 3.05) is 0 Å². The highest BCUT2D eigenvalue weighted by Crippen LogP contribution is 2.55. The van der Waals surface area contributed by atoms with Crippen LogP contribution >= 0.6 is 0 Å². The van der Waals surface area contributed by atoms with E-state index >= 15 is 0 Å². The van der Waals surface area contributed by atoms with E-state index in [1.807, 2.05) is 6.07 Å². The number of hydrogen-bond acceptors (Lipinski definition) is 1. The summed E-state index contributed by atoms with van der Waals surface area (Å²) in [5, 5.41) is 3.24. The van der Waals surface area contributed by atoms with Gasteiger partial charge in [-0.2, -0.15) is 0 Å². The Kier molecular flexibility index (Phi) is 3.12. The maximum atomic E-state index is 12.0. The van der Waals surface area contributed by atoms with Crippen molar-refractivity contribution < 1.29 is 4.79 Å². The highest BCUT2D eigenvalue weighted by atomic mass is 16.2. The second-order valence-electron chi connectivity index (χ2n) is 6.60. The van der Waals surface area contributed by atoms with Gasteiger partial charge in [-0.1, -0.05) is 50.6 Å². The maximum Gasteiger partial charge on any atom is 0.221 e. The highest BCUT2D eigenvalue weighted by Gasteiger charge is 2.52. The molecule has 1 saturated carbocycles. The van der Waals surface area contributed by atoms with Gasteiger partial charge in [0.05, 0.1) is 6.04 Å². The predicted octanol–water partition coefficient (Wildman–Crippen LogP) is 3.69. The average Bonchev–Trinajstić information content (AvgIpc) is 2.74. The Balaban J connectivity index is 1.96. The second-order valence-corrected chi connectivity index (χ2v) is 6.60. The van der Waals surface area contributed by atoms with Crippen LogP contribution in [0.15, 0.2) is 30.3 Å². The van der Waals surface area contributed by atoms with Crippen molar-refractivity contribution in [3.05, 3.63) is 35.9 Å². The standard InChI is InChI=1S/C17H23NO/c1-12-8-9-17(13(2)10-12)11-15(19)18-16(17)14-6-4-3-5-7-14/h3-7,12-13,16H,8-11H2,1-2H3,(H,18,19). The molecule has 0 radical (unpaired) electrons. The molecule has 2 nitrogen and oxygen atoms in total. The number of hydrogen-bond donors (Lipinski definition) is 1. The molecular weight excluding hydrogens is 234 g/mol. The van der Waals surface area contributed by atoms with Crippen LogP contribution in [0.5, 0.6) is 0 Å². The van der Waals surface area contributed by atoms with E-state index < -0.39 is 0 Å². The minimum Gasteiger partial charge on any atom is -0.349 e. The van der Waals surface area contributed by atoms with Crippen LogP contribution in [-0.2, 0) is 4.79 Å². The summed E-state index contributed by atoms with van der Waals surface area (Å²) in [4.78, 5) is 12.0. The number of carbonyl (C=O) groups is 1. The summed E-state index contributed by atoms with van der Waals surface area (Å²) in [5.74, 6) is 1.64. The number of benzene rings is 1. The van der Waals surface area contributed by atoms with Crippen molar-refractivity contribution in [3.63, 3.8) is 0 Å². The molecule has 1 aromatic carbocycles. The predicted molar refractivity (Wildman–Crippen MR) is 76.6 cm³/mol. The minimum atomic E-state index is 0.144. The quantitative estimate of drug-likeness (QED) is 0.816. The number of amides is 1. The fraction of sp³-hybridized carbons (Fsp3) is 0.588. The largest absolute Gasteiger partial charge is 0.349 e. The van der Waals surface area contributed by atoms with Gasteiger partial charge in [-0.25, -0.2) is 0 Å². The van der Waals surface area contributed by atoms with E-state index in [-0.39, 0.29) is 17.4 Å². The first-order valence-corrected chi connectivity index (χ1v) is 7.46. The lowest BCUT2D eigenvalue weighted by Crippen LogP contribution is -2.39. The first-order valence-electron chi connectivity index (χ1n) is 7.46. The van der Waals surface area contributed by atoms with Crippen molar-refractivity contribution >= 4 is 5.91 Å². The monoisotopic (exact) mass is 257 g/mol. The summed E-state index contributed by atoms with van der Waals surface area (Å²) in [5.41, 5.74) is 1.42. The summed E-state index contributed by atoms with van der Waals surface area (Å²) in [7, 11) is 0. The molecule has 1 amide bonds. The summed E-state index contributed by atoms with van der Waals surface area (Å²) in [6, 6.07) is 10.7. The Morgan fingerprint density at radius 1 is 1.21 bits per heavy atom. The number of nitrogens with one attached hydrogen (secondary N) is 1. The van der Waals surface area contributed by atoms with Gasteiger partial charge >= 0.3 is 0 Å². The molecule has 1 heterocycles. The van der Waals surface area contributed by atoms with E-state index in [1.165, 1.54) is 24.8 Å². The molecule has 4 atom stereocenters. The van der Waals surface area contributed by atoms with Crippen LogP contribution in [-0.4, -0.2) is 5.91 Å². The lowest BCUT2D eigenvalue weighted by atomic mass is 9.59. The lowest BCUT2D eigenvalue weighted by molar-refractivity contribution is -0.120. The van der Waals surface area contributed by atoms with Crippen molar-refractivity contribution in [1.82, 2.24) is 5.32 Å². The summed E-state index contributed by atoms with van der Waals surface area (Å²) in [6.45, 7) is 4.68. The average molecular weight is 257 g/mol. The van der Waals surface area contributed by atoms with E-state index in [0.29, 0.717) is 12.3 Å². The molecule has 1 N–H and O–H groups in total. The smallest absolute Gasteiger partial charge is 0.221 e. The third kappa shape index (κ3) is 2.07. The van der Waals surface area contributed by atoms with Crippen molar-refractivity contribution in [2.45, 2.75) is 45.6 Å². The Hall–Kier alpha value is -1.31. The molecule has 1 aliphatic heterocycles. The Morgan fingerprint density at radius 2 is 1.95 bits per heavy atom. The van der Waals surface area contributed by atoms with Gasteiger partial charge in [-0.05, 0) is 30.2 Å². The highest BCUT2D eigenvalue weighted by molar-refractivity contribution is 5.80. The van der Waals surface area contributed by atoms with E-state index in [1.54, 1.807) is 0 Å². The second kappa shape index (κ2) is 4.66. The Labute approximate surface area is 115 Å². The molecule has 102 valence electrons. The Bertz CT molecular complexity index is 469. The van der Waals surface area contributed by atoms with Crippen LogP contribution in [0.3, 0.4) is 0 Å². The molecule has 0 aromatic heterocycles. The molecule has 3 rings (SSSR count). The lowest BCUT2D eigenvalue weighted by Gasteiger charge is -2.45. The molecule has 0 bridgehead atoms. The van der Waals surface area contributed by atoms with Crippen LogP contribution in [0.1, 0.15) is 51.1 Å². The molecule has 4 unspecified atom stereocenters. The summed E-state index contributed by atoms with van der Waals surface area (Å²) >= 11 is 0. The zero-order valence-electron chi connectivity index (χ0n) is 11.9. The molecular formula is C17H23NO. The molecule has 1 aliphatic carbocycles. The number of carbonyl (C=O) groups excluding carboxylic acids is 1. The van der Waals surface area contributed by atoms with Crippen LogP contribution < -0.4 is 5.32 Å². The third-order valence-electron chi connectivity index (χ3n) is 5.34. The van der Waals surface area contributed by atoms with Crippen molar-refractivity contribution in [3.8, 4) is 0 Å². The normalized spacial score (nSPS) is 38.4. The minimum absolute atomic E-state index is 0.144. The van der Waals surface area contributed by atoms with Crippen molar-refractivity contribution in [1.29, 1.82) is 0 Å². The van der Waals surface area contributed by atoms with E-state index in [2.05, 4.69) is 43.4 Å². The fourth-order valence-electron chi connectivity index (χ4n) is 4.23. The van der Waals surface area contributed by atoms with Gasteiger partial charge in [-0.15, -0.1) is 0 Å². The molecule has 2 aliphatic rings. The first kappa shape index (κ1) is 12.7. The van der Waals surface area contributed by atoms with E-state index in [4.69, 9.17) is 0 Å². The Morgan fingerprint density at radius 3 is 2.63 bits per heavy atom. The third-order valence-corrected chi connectivity index (χ3v) is 5.34. The molecule has 2 fully saturated rings. The van der Waals surface area contributed by atoms with Crippen LogP contribution in [0.25, 0.3) is 0 Å². The summed E-state index contributed by atoms with van der Waals surface area (Å²) in [6.07, 6.45) is 4.38. The SMILES string of the molecule is CC1CCC2(CC(=O)NC2c2ccccc2)C(C)C1. The molecule has 1 saturated heterocycles. The zero-order valence-corrected chi connectivity index (χ0v) is 11.9. The van der Waals surface area contributed by atoms with Gasteiger partial charge in [0.1, 0.15) is 0 Å². The topological polar surface area (TPSA) is 29.1 Å². The van der Waals surface area contributed by atoms with Crippen LogP contribution in [0.2, 0.25) is 0 Å². The van der Waals surface area contributed by atoms with Gasteiger partial charge in [0, 0.05) is 11.8 Å². The zero-order chi connectivity index (χ0) is 13.5. The van der Waals surface area contributed by atoms with E-state index in [0.717, 1.165) is 5.92 Å². The fourth-order valence-corrected chi connectivity index (χ4v) is 4.23. The van der Waals surface area contributed by atoms with Crippen LogP contribution in [0.4, 0.5) is 0 Å². The first-order chi connectivity index (χ1) is 9.12. The maximum absolute atomic E-state index is 12.0. The summed E-state index contributed by atoms with van der Waals surface area (Å²) < 4.78 is 0. The van der Waals surface area contributed by atoms with E-state index in [9.17, 15) is 4.79 Å². The van der Waals surface area contributed by atoms with Crippen LogP contribution in [0, 0.1) is 17.3 Å². The van der Waals surface area contributed by atoms with Gasteiger partial charge in [0.2, 0.25) is 5.91 Å². The molecule has 1 spiro atoms. The van der Waals surface area contributed by atoms with Crippen molar-refractivity contribution in [2.24, 2.45) is 17.3 Å². The molecule has 1 aromatic rings. The molecule has 19 heavy (non-hydrogen) atoms. The number of rotatable bonds is 1.